The first-order valence-electron chi connectivity index (χ1n) is 4.82. The molecule has 5 heteroatoms. The Morgan fingerprint density at radius 1 is 1.50 bits per heavy atom. The van der Waals surface area contributed by atoms with Crippen molar-refractivity contribution in [2.45, 2.75) is 6.42 Å². The summed E-state index contributed by atoms with van der Waals surface area (Å²) < 4.78 is 18.0. The van der Waals surface area contributed by atoms with Gasteiger partial charge in [-0.05, 0) is 18.2 Å². The standard InChI is InChI=1S/C11H15FN2O2/c1-14(2)13-11(15)7-8-6-9(12)4-5-10(8)16-3/h4-6H,7H2,1-3H3,(H,13,15). The third-order valence-electron chi connectivity index (χ3n) is 1.94. The number of benzene rings is 1. The van der Waals surface area contributed by atoms with Crippen molar-refractivity contribution >= 4 is 5.91 Å². The summed E-state index contributed by atoms with van der Waals surface area (Å²) >= 11 is 0. The molecule has 1 rings (SSSR count). The Bertz CT molecular complexity index is 380. The van der Waals surface area contributed by atoms with Crippen LogP contribution in [0.3, 0.4) is 0 Å². The fourth-order valence-corrected chi connectivity index (χ4v) is 1.35. The summed E-state index contributed by atoms with van der Waals surface area (Å²) in [7, 11) is 4.90. The topological polar surface area (TPSA) is 41.6 Å². The first kappa shape index (κ1) is 12.4. The molecule has 16 heavy (non-hydrogen) atoms. The Labute approximate surface area is 94.0 Å². The molecule has 0 saturated heterocycles. The molecular weight excluding hydrogens is 211 g/mol. The summed E-state index contributed by atoms with van der Waals surface area (Å²) in [5, 5.41) is 1.54. The van der Waals surface area contributed by atoms with Gasteiger partial charge in [0.2, 0.25) is 5.91 Å². The number of ether oxygens (including phenoxy) is 1. The fraction of sp³-hybridized carbons (Fsp3) is 0.364. The predicted octanol–water partition coefficient (Wildman–Crippen LogP) is 0.970. The van der Waals surface area contributed by atoms with Crippen molar-refractivity contribution in [3.63, 3.8) is 0 Å². The van der Waals surface area contributed by atoms with Gasteiger partial charge in [-0.1, -0.05) is 0 Å². The average molecular weight is 226 g/mol. The Morgan fingerprint density at radius 2 is 2.19 bits per heavy atom. The maximum atomic E-state index is 13.0. The Balaban J connectivity index is 2.79. The molecule has 0 aromatic heterocycles. The number of nitrogens with zero attached hydrogens (tertiary/aromatic N) is 1. The van der Waals surface area contributed by atoms with Crippen LogP contribution in [0.5, 0.6) is 5.75 Å². The van der Waals surface area contributed by atoms with Gasteiger partial charge in [-0.15, -0.1) is 0 Å². The van der Waals surface area contributed by atoms with Gasteiger partial charge in [-0.25, -0.2) is 9.40 Å². The number of amides is 1. The molecule has 0 bridgehead atoms. The normalized spacial score (nSPS) is 10.3. The van der Waals surface area contributed by atoms with Gasteiger partial charge in [0.25, 0.3) is 0 Å². The average Bonchev–Trinajstić information content (AvgIpc) is 2.16. The summed E-state index contributed by atoms with van der Waals surface area (Å²) in [6, 6.07) is 4.11. The van der Waals surface area contributed by atoms with Gasteiger partial charge in [0.15, 0.2) is 0 Å². The second-order valence-electron chi connectivity index (χ2n) is 3.56. The summed E-state index contributed by atoms with van der Waals surface area (Å²) in [4.78, 5) is 11.5. The molecule has 0 saturated carbocycles. The minimum atomic E-state index is -0.381. The molecule has 0 unspecified atom stereocenters. The molecule has 1 N–H and O–H groups in total. The molecule has 0 heterocycles. The molecule has 0 aliphatic rings. The third kappa shape index (κ3) is 3.51. The lowest BCUT2D eigenvalue weighted by atomic mass is 10.1. The number of nitrogens with one attached hydrogen (secondary N) is 1. The van der Waals surface area contributed by atoms with Gasteiger partial charge in [0, 0.05) is 19.7 Å². The predicted molar refractivity (Wildman–Crippen MR) is 58.5 cm³/mol. The first-order valence-corrected chi connectivity index (χ1v) is 4.82. The van der Waals surface area contributed by atoms with E-state index in [0.29, 0.717) is 11.3 Å². The van der Waals surface area contributed by atoms with Crippen molar-refractivity contribution in [3.8, 4) is 5.75 Å². The molecular formula is C11H15FN2O2. The molecule has 0 atom stereocenters. The fourth-order valence-electron chi connectivity index (χ4n) is 1.35. The molecule has 0 fully saturated rings. The molecule has 0 aliphatic heterocycles. The van der Waals surface area contributed by atoms with Crippen molar-refractivity contribution in [2.24, 2.45) is 0 Å². The number of hydrazine groups is 1. The smallest absolute Gasteiger partial charge is 0.238 e. The van der Waals surface area contributed by atoms with Gasteiger partial charge < -0.3 is 4.74 Å². The Hall–Kier alpha value is -1.62. The van der Waals surface area contributed by atoms with E-state index in [0.717, 1.165) is 0 Å². The molecule has 0 spiro atoms. The summed E-state index contributed by atoms with van der Waals surface area (Å²) in [6.07, 6.45) is 0.0825. The van der Waals surface area contributed by atoms with Gasteiger partial charge >= 0.3 is 0 Å². The Kier molecular flexibility index (Phi) is 4.25. The van der Waals surface area contributed by atoms with Crippen LogP contribution in [0.15, 0.2) is 18.2 Å². The van der Waals surface area contributed by atoms with Crippen LogP contribution in [-0.4, -0.2) is 32.1 Å². The Morgan fingerprint density at radius 3 is 2.75 bits per heavy atom. The maximum absolute atomic E-state index is 13.0. The largest absolute Gasteiger partial charge is 0.496 e. The maximum Gasteiger partial charge on any atom is 0.238 e. The second kappa shape index (κ2) is 5.46. The number of carbonyl (C=O) groups is 1. The highest BCUT2D eigenvalue weighted by atomic mass is 19.1. The lowest BCUT2D eigenvalue weighted by molar-refractivity contribution is -0.124. The minimum absolute atomic E-state index is 0.0825. The third-order valence-corrected chi connectivity index (χ3v) is 1.94. The summed E-state index contributed by atoms with van der Waals surface area (Å²) in [6.45, 7) is 0. The van der Waals surface area contributed by atoms with E-state index in [1.807, 2.05) is 0 Å². The highest BCUT2D eigenvalue weighted by Crippen LogP contribution is 2.19. The van der Waals surface area contributed by atoms with Crippen LogP contribution >= 0.6 is 0 Å². The second-order valence-corrected chi connectivity index (χ2v) is 3.56. The van der Waals surface area contributed by atoms with Crippen LogP contribution in [0.1, 0.15) is 5.56 Å². The molecule has 0 radical (unpaired) electrons. The number of methoxy groups -OCH3 is 1. The quantitative estimate of drug-likeness (QED) is 0.778. The van der Waals surface area contributed by atoms with E-state index in [2.05, 4.69) is 5.43 Å². The van der Waals surface area contributed by atoms with Crippen LogP contribution in [0.2, 0.25) is 0 Å². The highest BCUT2D eigenvalue weighted by Gasteiger charge is 2.10. The lowest BCUT2D eigenvalue weighted by Crippen LogP contribution is -2.37. The lowest BCUT2D eigenvalue weighted by Gasteiger charge is -2.13. The van der Waals surface area contributed by atoms with Crippen molar-refractivity contribution in [3.05, 3.63) is 29.6 Å². The zero-order chi connectivity index (χ0) is 12.1. The molecule has 1 aromatic carbocycles. The monoisotopic (exact) mass is 226 g/mol. The van der Waals surface area contributed by atoms with E-state index in [9.17, 15) is 9.18 Å². The molecule has 1 amide bonds. The van der Waals surface area contributed by atoms with Crippen LogP contribution in [0.25, 0.3) is 0 Å². The van der Waals surface area contributed by atoms with Gasteiger partial charge in [0.1, 0.15) is 11.6 Å². The van der Waals surface area contributed by atoms with Crippen LogP contribution < -0.4 is 10.2 Å². The van der Waals surface area contributed by atoms with Crippen molar-refractivity contribution in [2.75, 3.05) is 21.2 Å². The first-order chi connectivity index (χ1) is 7.52. The molecule has 1 aromatic rings. The van der Waals surface area contributed by atoms with Crippen molar-refractivity contribution in [1.82, 2.24) is 10.4 Å². The number of carbonyl (C=O) groups excluding carboxylic acids is 1. The van der Waals surface area contributed by atoms with E-state index >= 15 is 0 Å². The molecule has 4 nitrogen and oxygen atoms in total. The number of rotatable bonds is 4. The van der Waals surface area contributed by atoms with E-state index in [-0.39, 0.29) is 18.1 Å². The van der Waals surface area contributed by atoms with E-state index in [4.69, 9.17) is 4.74 Å². The van der Waals surface area contributed by atoms with Gasteiger partial charge in [0.05, 0.1) is 13.5 Å². The van der Waals surface area contributed by atoms with Crippen molar-refractivity contribution in [1.29, 1.82) is 0 Å². The summed E-state index contributed by atoms with van der Waals surface area (Å²) in [5.41, 5.74) is 3.11. The zero-order valence-electron chi connectivity index (χ0n) is 9.58. The van der Waals surface area contributed by atoms with Crippen LogP contribution in [-0.2, 0) is 11.2 Å². The van der Waals surface area contributed by atoms with Crippen LogP contribution in [0, 0.1) is 5.82 Å². The molecule has 0 aliphatic carbocycles. The number of hydrogen-bond acceptors (Lipinski definition) is 3. The molecule has 88 valence electrons. The minimum Gasteiger partial charge on any atom is -0.496 e. The van der Waals surface area contributed by atoms with Crippen LogP contribution in [0.4, 0.5) is 4.39 Å². The van der Waals surface area contributed by atoms with Gasteiger partial charge in [-0.2, -0.15) is 0 Å². The summed E-state index contributed by atoms with van der Waals surface area (Å²) in [5.74, 6) is -0.0855. The van der Waals surface area contributed by atoms with E-state index < -0.39 is 0 Å². The van der Waals surface area contributed by atoms with E-state index in [1.165, 1.54) is 30.3 Å². The SMILES string of the molecule is COc1ccc(F)cc1CC(=O)NN(C)C. The van der Waals surface area contributed by atoms with Gasteiger partial charge in [-0.3, -0.25) is 10.2 Å². The highest BCUT2D eigenvalue weighted by molar-refractivity contribution is 5.78. The van der Waals surface area contributed by atoms with Crippen molar-refractivity contribution < 1.29 is 13.9 Å². The number of halogens is 1. The zero-order valence-corrected chi connectivity index (χ0v) is 9.58. The number of hydrogen-bond donors (Lipinski definition) is 1. The van der Waals surface area contributed by atoms with E-state index in [1.54, 1.807) is 14.1 Å².